The summed E-state index contributed by atoms with van der Waals surface area (Å²) in [5.41, 5.74) is 4.21. The third-order valence-corrected chi connectivity index (χ3v) is 6.85. The van der Waals surface area contributed by atoms with Gasteiger partial charge in [0, 0.05) is 12.6 Å². The Kier molecular flexibility index (Phi) is 5.26. The molecular weight excluding hydrogens is 399 g/mol. The second kappa shape index (κ2) is 7.88. The summed E-state index contributed by atoms with van der Waals surface area (Å²) in [5, 5.41) is 4.07. The standard InChI is InChI=1S/C24H21FN2O2S/c1-16-3-10-20(11-4-16)30(28,29)23-15-26-22-12-5-17(2)13-21(22)24(23)27-14-18-6-8-19(25)9-7-18/h3-13,15H,14H2,1-2H3,(H,26,27)/p+1. The van der Waals surface area contributed by atoms with E-state index in [-0.39, 0.29) is 15.6 Å². The van der Waals surface area contributed by atoms with Crippen molar-refractivity contribution in [3.8, 4) is 0 Å². The minimum Gasteiger partial charge on any atom is -0.379 e. The fourth-order valence-corrected chi connectivity index (χ4v) is 4.78. The number of aromatic nitrogens is 1. The van der Waals surface area contributed by atoms with Crippen LogP contribution in [0.4, 0.5) is 10.1 Å². The van der Waals surface area contributed by atoms with Crippen LogP contribution in [-0.2, 0) is 16.4 Å². The number of hydrogen-bond acceptors (Lipinski definition) is 3. The first-order valence-corrected chi connectivity index (χ1v) is 11.1. The minimum atomic E-state index is -3.76. The number of hydrogen-bond donors (Lipinski definition) is 1. The summed E-state index contributed by atoms with van der Waals surface area (Å²) in [4.78, 5) is 3.52. The highest BCUT2D eigenvalue weighted by atomic mass is 32.2. The molecule has 0 saturated carbocycles. The van der Waals surface area contributed by atoms with Gasteiger partial charge >= 0.3 is 0 Å². The zero-order chi connectivity index (χ0) is 21.3. The second-order valence-corrected chi connectivity index (χ2v) is 9.29. The first-order valence-electron chi connectivity index (χ1n) is 9.60. The normalized spacial score (nSPS) is 11.6. The van der Waals surface area contributed by atoms with Gasteiger partial charge in [0.15, 0.2) is 11.1 Å². The van der Waals surface area contributed by atoms with Gasteiger partial charge in [-0.2, -0.15) is 0 Å². The molecule has 4 aromatic rings. The largest absolute Gasteiger partial charge is 0.379 e. The van der Waals surface area contributed by atoms with Crippen molar-refractivity contribution in [2.45, 2.75) is 30.2 Å². The van der Waals surface area contributed by atoms with E-state index in [0.717, 1.165) is 27.6 Å². The van der Waals surface area contributed by atoms with Crippen LogP contribution in [0.1, 0.15) is 16.7 Å². The van der Waals surface area contributed by atoms with E-state index in [4.69, 9.17) is 0 Å². The lowest BCUT2D eigenvalue weighted by molar-refractivity contribution is -0.347. The van der Waals surface area contributed by atoms with Crippen LogP contribution in [-0.4, -0.2) is 8.42 Å². The number of aryl methyl sites for hydroxylation is 2. The van der Waals surface area contributed by atoms with E-state index in [1.54, 1.807) is 36.4 Å². The molecule has 152 valence electrons. The molecule has 0 bridgehead atoms. The smallest absolute Gasteiger partial charge is 0.214 e. The monoisotopic (exact) mass is 421 g/mol. The molecule has 30 heavy (non-hydrogen) atoms. The summed E-state index contributed by atoms with van der Waals surface area (Å²) in [5.74, 6) is -0.309. The number of halogens is 1. The number of benzene rings is 3. The second-order valence-electron chi connectivity index (χ2n) is 7.37. The molecule has 0 unspecified atom stereocenters. The van der Waals surface area contributed by atoms with E-state index >= 15 is 0 Å². The lowest BCUT2D eigenvalue weighted by Crippen LogP contribution is -2.15. The molecule has 0 aliphatic rings. The van der Waals surface area contributed by atoms with E-state index in [0.29, 0.717) is 12.2 Å². The quantitative estimate of drug-likeness (QED) is 0.501. The SMILES string of the molecule is Cc1ccc(S(=O)(=O)c2c[nH+]c3ccc(C)cc3c2NCc2ccc(F)cc2)cc1. The van der Waals surface area contributed by atoms with Crippen LogP contribution in [0.15, 0.2) is 82.7 Å². The van der Waals surface area contributed by atoms with Gasteiger partial charge < -0.3 is 5.32 Å². The molecule has 6 heteroatoms. The van der Waals surface area contributed by atoms with Gasteiger partial charge in [0.05, 0.1) is 16.0 Å². The molecule has 4 rings (SSSR count). The summed E-state index contributed by atoms with van der Waals surface area (Å²) in [7, 11) is -3.76. The molecular formula is C24H22FN2O2S+. The summed E-state index contributed by atoms with van der Waals surface area (Å²) < 4.78 is 40.1. The Balaban J connectivity index is 1.85. The Morgan fingerprint density at radius 3 is 2.27 bits per heavy atom. The van der Waals surface area contributed by atoms with Gasteiger partial charge in [-0.25, -0.2) is 17.8 Å². The van der Waals surface area contributed by atoms with Crippen molar-refractivity contribution in [3.05, 3.63) is 95.4 Å². The Labute approximate surface area is 175 Å². The van der Waals surface area contributed by atoms with E-state index in [9.17, 15) is 12.8 Å². The third kappa shape index (κ3) is 3.91. The molecule has 0 atom stereocenters. The lowest BCUT2D eigenvalue weighted by atomic mass is 10.1. The van der Waals surface area contributed by atoms with Crippen molar-refractivity contribution in [1.29, 1.82) is 0 Å². The first-order chi connectivity index (χ1) is 14.3. The van der Waals surface area contributed by atoms with Crippen LogP contribution in [0, 0.1) is 19.7 Å². The predicted octanol–water partition coefficient (Wildman–Crippen LogP) is 4.85. The number of anilines is 1. The number of rotatable bonds is 5. The number of fused-ring (bicyclic) bond motifs is 1. The van der Waals surface area contributed by atoms with Crippen molar-refractivity contribution in [2.75, 3.05) is 5.32 Å². The summed E-state index contributed by atoms with van der Waals surface area (Å²) in [6.45, 7) is 4.24. The maximum Gasteiger partial charge on any atom is 0.214 e. The molecule has 4 nitrogen and oxygen atoms in total. The molecule has 3 aromatic carbocycles. The highest BCUT2D eigenvalue weighted by Crippen LogP contribution is 2.32. The maximum absolute atomic E-state index is 13.4. The average Bonchev–Trinajstić information content (AvgIpc) is 2.73. The van der Waals surface area contributed by atoms with Gasteiger partial charge in [-0.15, -0.1) is 0 Å². The minimum absolute atomic E-state index is 0.173. The number of H-pyrrole nitrogens is 1. The Bertz CT molecular complexity index is 1320. The van der Waals surface area contributed by atoms with Gasteiger partial charge in [0.1, 0.15) is 5.82 Å². The molecule has 0 aliphatic carbocycles. The number of nitrogens with one attached hydrogen (secondary N) is 2. The molecule has 0 amide bonds. The van der Waals surface area contributed by atoms with Gasteiger partial charge in [-0.05, 0) is 55.3 Å². The average molecular weight is 422 g/mol. The van der Waals surface area contributed by atoms with E-state index < -0.39 is 9.84 Å². The van der Waals surface area contributed by atoms with Crippen LogP contribution >= 0.6 is 0 Å². The predicted molar refractivity (Wildman–Crippen MR) is 116 cm³/mol. The topological polar surface area (TPSA) is 60.3 Å². The summed E-state index contributed by atoms with van der Waals surface area (Å²) in [6, 6.07) is 18.8. The van der Waals surface area contributed by atoms with E-state index in [2.05, 4.69) is 10.3 Å². The van der Waals surface area contributed by atoms with E-state index in [1.165, 1.54) is 18.3 Å². The molecule has 0 radical (unpaired) electrons. The Hall–Kier alpha value is -3.25. The van der Waals surface area contributed by atoms with Crippen molar-refractivity contribution >= 4 is 26.4 Å². The number of aromatic amines is 1. The molecule has 1 aromatic heterocycles. The van der Waals surface area contributed by atoms with Crippen LogP contribution < -0.4 is 10.3 Å². The molecule has 1 heterocycles. The van der Waals surface area contributed by atoms with Gasteiger partial charge in [-0.1, -0.05) is 35.9 Å². The fraction of sp³-hybridized carbons (Fsp3) is 0.125. The van der Waals surface area contributed by atoms with E-state index in [1.807, 2.05) is 32.0 Å². The molecule has 0 fully saturated rings. The van der Waals surface area contributed by atoms with Crippen LogP contribution in [0.5, 0.6) is 0 Å². The summed E-state index contributed by atoms with van der Waals surface area (Å²) >= 11 is 0. The fourth-order valence-electron chi connectivity index (χ4n) is 3.37. The van der Waals surface area contributed by atoms with Gasteiger partial charge in [0.2, 0.25) is 15.4 Å². The number of sulfone groups is 1. The summed E-state index contributed by atoms with van der Waals surface area (Å²) in [6.07, 6.45) is 1.53. The molecule has 2 N–H and O–H groups in total. The van der Waals surface area contributed by atoms with Crippen molar-refractivity contribution in [1.82, 2.24) is 0 Å². The highest BCUT2D eigenvalue weighted by molar-refractivity contribution is 7.91. The highest BCUT2D eigenvalue weighted by Gasteiger charge is 2.26. The van der Waals surface area contributed by atoms with Crippen LogP contribution in [0.25, 0.3) is 10.9 Å². The Morgan fingerprint density at radius 1 is 0.900 bits per heavy atom. The van der Waals surface area contributed by atoms with Crippen molar-refractivity contribution in [2.24, 2.45) is 0 Å². The van der Waals surface area contributed by atoms with Crippen molar-refractivity contribution in [3.63, 3.8) is 0 Å². The Morgan fingerprint density at radius 2 is 1.57 bits per heavy atom. The van der Waals surface area contributed by atoms with Crippen LogP contribution in [0.3, 0.4) is 0 Å². The zero-order valence-electron chi connectivity index (χ0n) is 16.7. The van der Waals surface area contributed by atoms with Crippen molar-refractivity contribution < 1.29 is 17.8 Å². The third-order valence-electron chi connectivity index (χ3n) is 5.05. The van der Waals surface area contributed by atoms with Crippen LogP contribution in [0.2, 0.25) is 0 Å². The van der Waals surface area contributed by atoms with Gasteiger partial charge in [-0.3, -0.25) is 0 Å². The molecule has 0 saturated heterocycles. The first kappa shape index (κ1) is 20.0. The molecule has 0 spiro atoms. The maximum atomic E-state index is 13.4. The lowest BCUT2D eigenvalue weighted by Gasteiger charge is -2.14. The zero-order valence-corrected chi connectivity index (χ0v) is 17.6. The molecule has 0 aliphatic heterocycles. The van der Waals surface area contributed by atoms with Gasteiger partial charge in [0.25, 0.3) is 0 Å². The number of pyridine rings is 1.